The predicted molar refractivity (Wildman–Crippen MR) is 98.1 cm³/mol. The molecule has 3 aliphatic rings. The Hall–Kier alpha value is -0.650. The highest BCUT2D eigenvalue weighted by atomic mass is 16.2. The lowest BCUT2D eigenvalue weighted by Crippen LogP contribution is -2.56. The molecule has 3 aliphatic heterocycles. The zero-order chi connectivity index (χ0) is 17.2. The third-order valence-corrected chi connectivity index (χ3v) is 6.58. The van der Waals surface area contributed by atoms with E-state index in [0.717, 1.165) is 70.7 Å². The van der Waals surface area contributed by atoms with Gasteiger partial charge in [0.25, 0.3) is 0 Å². The fourth-order valence-corrected chi connectivity index (χ4v) is 4.74. The molecule has 0 aliphatic carbocycles. The third kappa shape index (κ3) is 3.94. The molecule has 24 heavy (non-hydrogen) atoms. The van der Waals surface area contributed by atoms with Crippen LogP contribution in [-0.4, -0.2) is 85.0 Å². The number of carbonyl (C=O) groups excluding carboxylic acids is 1. The summed E-state index contributed by atoms with van der Waals surface area (Å²) in [5.41, 5.74) is -0.180. The smallest absolute Gasteiger partial charge is 0.229 e. The van der Waals surface area contributed by atoms with Gasteiger partial charge in [-0.05, 0) is 53.0 Å². The Bertz CT molecular complexity index is 417. The highest BCUT2D eigenvalue weighted by Gasteiger charge is 2.38. The number of nitrogens with zero attached hydrogens (tertiary/aromatic N) is 3. The van der Waals surface area contributed by atoms with E-state index in [2.05, 4.69) is 40.8 Å². The molecule has 138 valence electrons. The Labute approximate surface area is 147 Å². The summed E-state index contributed by atoms with van der Waals surface area (Å²) >= 11 is 0. The van der Waals surface area contributed by atoms with Crippen LogP contribution in [0.25, 0.3) is 0 Å². The second-order valence-corrected chi connectivity index (χ2v) is 8.49. The van der Waals surface area contributed by atoms with E-state index >= 15 is 0 Å². The van der Waals surface area contributed by atoms with Crippen LogP contribution in [0.2, 0.25) is 0 Å². The van der Waals surface area contributed by atoms with Crippen LogP contribution >= 0.6 is 0 Å². The summed E-state index contributed by atoms with van der Waals surface area (Å²) in [6, 6.07) is 1.48. The first-order valence-electron chi connectivity index (χ1n) is 9.98. The molecule has 3 saturated heterocycles. The monoisotopic (exact) mass is 336 g/mol. The molecule has 0 bridgehead atoms. The number of likely N-dealkylation sites (tertiary alicyclic amines) is 1. The maximum Gasteiger partial charge on any atom is 0.229 e. The quantitative estimate of drug-likeness (QED) is 0.842. The lowest BCUT2D eigenvalue weighted by molar-refractivity contribution is -0.144. The number of carbonyl (C=O) groups is 1. The number of piperidine rings is 1. The molecule has 1 N–H and O–H groups in total. The van der Waals surface area contributed by atoms with Crippen LogP contribution in [-0.2, 0) is 4.79 Å². The first kappa shape index (κ1) is 18.2. The summed E-state index contributed by atoms with van der Waals surface area (Å²) in [7, 11) is 0. The Morgan fingerprint density at radius 2 is 1.75 bits per heavy atom. The molecule has 3 unspecified atom stereocenters. The largest absolute Gasteiger partial charge is 0.340 e. The van der Waals surface area contributed by atoms with Gasteiger partial charge in [0, 0.05) is 57.9 Å². The highest BCUT2D eigenvalue weighted by Crippen LogP contribution is 2.28. The fourth-order valence-electron chi connectivity index (χ4n) is 4.74. The second kappa shape index (κ2) is 7.71. The summed E-state index contributed by atoms with van der Waals surface area (Å²) in [5.74, 6) is 0.371. The lowest BCUT2D eigenvalue weighted by Gasteiger charge is -2.41. The molecule has 5 nitrogen and oxygen atoms in total. The van der Waals surface area contributed by atoms with Crippen molar-refractivity contribution in [1.29, 1.82) is 0 Å². The van der Waals surface area contributed by atoms with Gasteiger partial charge in [-0.3, -0.25) is 14.6 Å². The molecule has 0 aromatic heterocycles. The number of piperazine rings is 1. The van der Waals surface area contributed by atoms with Crippen molar-refractivity contribution in [2.45, 2.75) is 58.5 Å². The standard InChI is InChI=1S/C19H36N4O/c1-16-5-6-17(2)23(16)14-11-21-9-12-22(13-10-21)18(24)19(3)7-4-8-20-15-19/h16-17,20H,4-15H2,1-3H3. The maximum absolute atomic E-state index is 12.9. The van der Waals surface area contributed by atoms with E-state index in [9.17, 15) is 4.79 Å². The Kier molecular flexibility index (Phi) is 5.83. The zero-order valence-electron chi connectivity index (χ0n) is 15.9. The number of hydrogen-bond acceptors (Lipinski definition) is 4. The van der Waals surface area contributed by atoms with Gasteiger partial charge in [-0.15, -0.1) is 0 Å². The Balaban J connectivity index is 1.43. The molecule has 3 heterocycles. The normalized spacial score (nSPS) is 36.2. The molecule has 3 fully saturated rings. The van der Waals surface area contributed by atoms with Crippen molar-refractivity contribution < 1.29 is 4.79 Å². The van der Waals surface area contributed by atoms with Crippen LogP contribution in [0, 0.1) is 5.41 Å². The van der Waals surface area contributed by atoms with Crippen molar-refractivity contribution in [1.82, 2.24) is 20.0 Å². The molecule has 1 amide bonds. The van der Waals surface area contributed by atoms with E-state index < -0.39 is 0 Å². The zero-order valence-corrected chi connectivity index (χ0v) is 15.9. The van der Waals surface area contributed by atoms with Gasteiger partial charge in [-0.1, -0.05) is 0 Å². The number of nitrogens with one attached hydrogen (secondary N) is 1. The molecular formula is C19H36N4O. The molecule has 0 aromatic rings. The van der Waals surface area contributed by atoms with Gasteiger partial charge >= 0.3 is 0 Å². The van der Waals surface area contributed by atoms with E-state index in [1.807, 2.05) is 0 Å². The van der Waals surface area contributed by atoms with Crippen molar-refractivity contribution in [3.63, 3.8) is 0 Å². The first-order valence-corrected chi connectivity index (χ1v) is 9.98. The number of rotatable bonds is 4. The van der Waals surface area contributed by atoms with E-state index in [1.165, 1.54) is 19.4 Å². The van der Waals surface area contributed by atoms with Crippen LogP contribution in [0.4, 0.5) is 0 Å². The van der Waals surface area contributed by atoms with Crippen LogP contribution in [0.1, 0.15) is 46.5 Å². The van der Waals surface area contributed by atoms with E-state index in [0.29, 0.717) is 5.91 Å². The predicted octanol–water partition coefficient (Wildman–Crippen LogP) is 1.39. The van der Waals surface area contributed by atoms with Crippen LogP contribution in [0.5, 0.6) is 0 Å². The summed E-state index contributed by atoms with van der Waals surface area (Å²) in [5, 5.41) is 3.40. The molecule has 3 atom stereocenters. The number of hydrogen-bond donors (Lipinski definition) is 1. The summed E-state index contributed by atoms with van der Waals surface area (Å²) in [6.45, 7) is 15.0. The van der Waals surface area contributed by atoms with Crippen molar-refractivity contribution in [3.05, 3.63) is 0 Å². The van der Waals surface area contributed by atoms with Gasteiger partial charge in [0.1, 0.15) is 0 Å². The molecule has 0 radical (unpaired) electrons. The van der Waals surface area contributed by atoms with E-state index in [4.69, 9.17) is 0 Å². The van der Waals surface area contributed by atoms with Gasteiger partial charge < -0.3 is 10.2 Å². The molecular weight excluding hydrogens is 300 g/mol. The van der Waals surface area contributed by atoms with Gasteiger partial charge in [0.15, 0.2) is 0 Å². The minimum absolute atomic E-state index is 0.180. The molecule has 0 saturated carbocycles. The average molecular weight is 337 g/mol. The lowest BCUT2D eigenvalue weighted by atomic mass is 9.81. The molecule has 0 spiro atoms. The van der Waals surface area contributed by atoms with Crippen LogP contribution < -0.4 is 5.32 Å². The third-order valence-electron chi connectivity index (χ3n) is 6.58. The second-order valence-electron chi connectivity index (χ2n) is 8.49. The Morgan fingerprint density at radius 1 is 1.08 bits per heavy atom. The topological polar surface area (TPSA) is 38.8 Å². The van der Waals surface area contributed by atoms with Crippen LogP contribution in [0.15, 0.2) is 0 Å². The van der Waals surface area contributed by atoms with Crippen LogP contribution in [0.3, 0.4) is 0 Å². The number of amides is 1. The van der Waals surface area contributed by atoms with Crippen molar-refractivity contribution in [3.8, 4) is 0 Å². The van der Waals surface area contributed by atoms with Gasteiger partial charge in [0.05, 0.1) is 5.41 Å². The maximum atomic E-state index is 12.9. The van der Waals surface area contributed by atoms with E-state index in [-0.39, 0.29) is 5.41 Å². The SMILES string of the molecule is CC1CCC(C)N1CCN1CCN(C(=O)C2(C)CCCNC2)CC1. The molecule has 5 heteroatoms. The van der Waals surface area contributed by atoms with Crippen molar-refractivity contribution in [2.24, 2.45) is 5.41 Å². The highest BCUT2D eigenvalue weighted by molar-refractivity contribution is 5.82. The van der Waals surface area contributed by atoms with Crippen molar-refractivity contribution >= 4 is 5.91 Å². The summed E-state index contributed by atoms with van der Waals surface area (Å²) < 4.78 is 0. The minimum atomic E-state index is -0.180. The Morgan fingerprint density at radius 3 is 2.33 bits per heavy atom. The van der Waals surface area contributed by atoms with Gasteiger partial charge in [-0.2, -0.15) is 0 Å². The first-order chi connectivity index (χ1) is 11.5. The molecule has 3 rings (SSSR count). The summed E-state index contributed by atoms with van der Waals surface area (Å²) in [6.07, 6.45) is 4.84. The summed E-state index contributed by atoms with van der Waals surface area (Å²) in [4.78, 5) is 20.2. The fraction of sp³-hybridized carbons (Fsp3) is 0.947. The van der Waals surface area contributed by atoms with Crippen molar-refractivity contribution in [2.75, 3.05) is 52.4 Å². The minimum Gasteiger partial charge on any atom is -0.340 e. The van der Waals surface area contributed by atoms with E-state index in [1.54, 1.807) is 0 Å². The van der Waals surface area contributed by atoms with Gasteiger partial charge in [0.2, 0.25) is 5.91 Å². The van der Waals surface area contributed by atoms with Gasteiger partial charge in [-0.25, -0.2) is 0 Å². The average Bonchev–Trinajstić information content (AvgIpc) is 2.92. The molecule has 0 aromatic carbocycles.